The van der Waals surface area contributed by atoms with E-state index in [0.29, 0.717) is 31.1 Å². The maximum Gasteiger partial charge on any atom is 0.259 e. The predicted molar refractivity (Wildman–Crippen MR) is 134 cm³/mol. The second-order valence-electron chi connectivity index (χ2n) is 9.37. The Morgan fingerprint density at radius 1 is 1.26 bits per heavy atom. The Morgan fingerprint density at radius 3 is 2.59 bits per heavy atom. The maximum absolute atomic E-state index is 12.6. The number of nitrogens with zero attached hydrogens (tertiary/aromatic N) is 2. The fourth-order valence-corrected chi connectivity index (χ4v) is 7.26. The lowest BCUT2D eigenvalue weighted by atomic mass is 9.91. The molecule has 188 valence electrons. The van der Waals surface area contributed by atoms with Gasteiger partial charge in [-0.25, -0.2) is 4.67 Å². The number of hydrogen-bond donors (Lipinski definition) is 1. The highest BCUT2D eigenvalue weighted by molar-refractivity contribution is 7.44. The van der Waals surface area contributed by atoms with E-state index in [4.69, 9.17) is 19.0 Å². The molecule has 2 fully saturated rings. The molecule has 6 atom stereocenters. The quantitative estimate of drug-likeness (QED) is 0.283. The molecule has 34 heavy (non-hydrogen) atoms. The first-order valence-corrected chi connectivity index (χ1v) is 13.8. The number of fused-ring (bicyclic) bond motifs is 2. The number of amides is 1. The van der Waals surface area contributed by atoms with Gasteiger partial charge in [0.2, 0.25) is 0 Å². The Hall–Kier alpha value is -1.55. The zero-order chi connectivity index (χ0) is 24.6. The topological polar surface area (TPSA) is 83.8 Å². The number of rotatable bonds is 14. The van der Waals surface area contributed by atoms with E-state index in [-0.39, 0.29) is 29.6 Å². The Bertz CT molecular complexity index is 814. The van der Waals surface area contributed by atoms with Crippen LogP contribution in [0.15, 0.2) is 30.3 Å². The van der Waals surface area contributed by atoms with Gasteiger partial charge in [0, 0.05) is 31.1 Å². The highest BCUT2D eigenvalue weighted by Gasteiger charge is 2.63. The van der Waals surface area contributed by atoms with Crippen LogP contribution in [0.3, 0.4) is 0 Å². The molecule has 8 heteroatoms. The van der Waals surface area contributed by atoms with Crippen molar-refractivity contribution in [1.82, 2.24) is 9.99 Å². The van der Waals surface area contributed by atoms with Crippen LogP contribution in [-0.4, -0.2) is 54.6 Å². The molecule has 1 saturated carbocycles. The van der Waals surface area contributed by atoms with E-state index in [2.05, 4.69) is 43.8 Å². The van der Waals surface area contributed by atoms with Crippen LogP contribution in [-0.2, 0) is 13.8 Å². The number of nitrogens with one attached hydrogen (secondary N) is 1. The SMILES string of the molecule is CCCN(CCC)P(OCCC#N)O[C@H]1[C@H]2[C@H](CNC(=O)c3ccccc3)O[C@@]1(CC)C[C@@H]2C. The average molecular weight is 490 g/mol. The minimum absolute atomic E-state index is 0.0817. The van der Waals surface area contributed by atoms with Crippen molar-refractivity contribution in [2.75, 3.05) is 26.2 Å². The van der Waals surface area contributed by atoms with Crippen molar-refractivity contribution < 1.29 is 18.6 Å². The molecule has 1 N–H and O–H groups in total. The first-order chi connectivity index (χ1) is 16.5. The largest absolute Gasteiger partial charge is 0.367 e. The van der Waals surface area contributed by atoms with E-state index in [1.807, 2.05) is 30.3 Å². The molecule has 1 aliphatic heterocycles. The van der Waals surface area contributed by atoms with Gasteiger partial charge in [-0.05, 0) is 43.7 Å². The first kappa shape index (κ1) is 27.0. The first-order valence-electron chi connectivity index (χ1n) is 12.7. The van der Waals surface area contributed by atoms with E-state index >= 15 is 0 Å². The van der Waals surface area contributed by atoms with Gasteiger partial charge < -0.3 is 19.1 Å². The zero-order valence-corrected chi connectivity index (χ0v) is 21.9. The summed E-state index contributed by atoms with van der Waals surface area (Å²) >= 11 is 0. The van der Waals surface area contributed by atoms with Gasteiger partial charge in [-0.1, -0.05) is 45.9 Å². The van der Waals surface area contributed by atoms with Crippen molar-refractivity contribution in [2.45, 2.75) is 77.6 Å². The van der Waals surface area contributed by atoms with Crippen molar-refractivity contribution in [2.24, 2.45) is 11.8 Å². The summed E-state index contributed by atoms with van der Waals surface area (Å²) in [6.07, 6.45) is 3.99. The van der Waals surface area contributed by atoms with Crippen LogP contribution >= 0.6 is 8.53 Å². The second-order valence-corrected chi connectivity index (χ2v) is 10.9. The third kappa shape index (κ3) is 6.17. The fraction of sp³-hybridized carbons (Fsp3) is 0.692. The van der Waals surface area contributed by atoms with E-state index in [1.54, 1.807) is 0 Å². The summed E-state index contributed by atoms with van der Waals surface area (Å²) in [6, 6.07) is 11.5. The molecule has 7 nitrogen and oxygen atoms in total. The molecule has 1 aromatic carbocycles. The molecule has 0 spiro atoms. The van der Waals surface area contributed by atoms with Crippen molar-refractivity contribution in [3.63, 3.8) is 0 Å². The minimum atomic E-state index is -1.29. The lowest BCUT2D eigenvalue weighted by molar-refractivity contribution is -0.0980. The van der Waals surface area contributed by atoms with Crippen molar-refractivity contribution >= 4 is 14.4 Å². The summed E-state index contributed by atoms with van der Waals surface area (Å²) in [5.41, 5.74) is 0.288. The monoisotopic (exact) mass is 489 g/mol. The predicted octanol–water partition coefficient (Wildman–Crippen LogP) is 5.28. The normalized spacial score (nSPS) is 28.7. The summed E-state index contributed by atoms with van der Waals surface area (Å²) in [5.74, 6) is 0.534. The van der Waals surface area contributed by atoms with Crippen LogP contribution in [0.2, 0.25) is 0 Å². The number of carbonyl (C=O) groups is 1. The highest BCUT2D eigenvalue weighted by atomic mass is 31.2. The van der Waals surface area contributed by atoms with E-state index in [0.717, 1.165) is 38.8 Å². The summed E-state index contributed by atoms with van der Waals surface area (Å²) in [5, 5.41) is 12.1. The van der Waals surface area contributed by atoms with Crippen LogP contribution in [0.1, 0.15) is 70.2 Å². The van der Waals surface area contributed by atoms with E-state index in [9.17, 15) is 4.79 Å². The summed E-state index contributed by atoms with van der Waals surface area (Å²) in [4.78, 5) is 12.6. The Balaban J connectivity index is 1.74. The number of ether oxygens (including phenoxy) is 1. The molecule has 1 unspecified atom stereocenters. The number of nitriles is 1. The van der Waals surface area contributed by atoms with Gasteiger partial charge in [0.15, 0.2) is 0 Å². The zero-order valence-electron chi connectivity index (χ0n) is 21.0. The maximum atomic E-state index is 12.6. The minimum Gasteiger partial charge on any atom is -0.367 e. The molecule has 1 saturated heterocycles. The van der Waals surface area contributed by atoms with Gasteiger partial charge in [0.25, 0.3) is 14.4 Å². The summed E-state index contributed by atoms with van der Waals surface area (Å²) < 4.78 is 21.9. The molecular weight excluding hydrogens is 449 g/mol. The molecule has 1 amide bonds. The Morgan fingerprint density at radius 2 is 1.97 bits per heavy atom. The third-order valence-corrected chi connectivity index (χ3v) is 8.59. The molecule has 1 aliphatic carbocycles. The molecule has 0 aromatic heterocycles. The Kier molecular flexibility index (Phi) is 10.3. The molecule has 0 radical (unpaired) electrons. The molecule has 3 rings (SSSR count). The molecule has 2 aliphatic rings. The molecular formula is C26H40N3O4P. The van der Waals surface area contributed by atoms with Gasteiger partial charge in [-0.15, -0.1) is 0 Å². The van der Waals surface area contributed by atoms with Crippen molar-refractivity contribution in [3.05, 3.63) is 35.9 Å². The standard InChI is InChI=1S/C26H40N3O4P/c1-5-15-29(16-6-2)34(31-17-11-14-27)33-24-23-20(4)18-26(24,7-3)32-22(23)19-28-25(30)21-12-9-8-10-13-21/h8-10,12-13,20,22-24H,5-7,11,15-19H2,1-4H3,(H,28,30)/t20-,22-,23+,24-,26-,34?/m0/s1. The van der Waals surface area contributed by atoms with Gasteiger partial charge in [-0.3, -0.25) is 4.79 Å². The van der Waals surface area contributed by atoms with Crippen LogP contribution in [0.4, 0.5) is 0 Å². The Labute approximate surface area is 206 Å². The number of carbonyl (C=O) groups excluding carboxylic acids is 1. The van der Waals surface area contributed by atoms with Crippen LogP contribution in [0, 0.1) is 23.2 Å². The average Bonchev–Trinajstić information content (AvgIpc) is 3.30. The summed E-state index contributed by atoms with van der Waals surface area (Å²) in [6.45, 7) is 11.4. The molecule has 1 heterocycles. The lowest BCUT2D eigenvalue weighted by Crippen LogP contribution is -2.41. The second kappa shape index (κ2) is 13.0. The lowest BCUT2D eigenvalue weighted by Gasteiger charge is -2.35. The molecule has 1 aromatic rings. The smallest absolute Gasteiger partial charge is 0.259 e. The van der Waals surface area contributed by atoms with Gasteiger partial charge in [-0.2, -0.15) is 5.26 Å². The number of hydrogen-bond acceptors (Lipinski definition) is 6. The van der Waals surface area contributed by atoms with Crippen molar-refractivity contribution in [3.8, 4) is 6.07 Å². The molecule has 2 bridgehead atoms. The number of benzene rings is 1. The third-order valence-electron chi connectivity index (χ3n) is 6.92. The van der Waals surface area contributed by atoms with Gasteiger partial charge in [0.05, 0.1) is 30.8 Å². The highest BCUT2D eigenvalue weighted by Crippen LogP contribution is 2.59. The van der Waals surface area contributed by atoms with Crippen LogP contribution < -0.4 is 5.32 Å². The van der Waals surface area contributed by atoms with Gasteiger partial charge >= 0.3 is 0 Å². The van der Waals surface area contributed by atoms with Gasteiger partial charge in [0.1, 0.15) is 6.10 Å². The van der Waals surface area contributed by atoms with E-state index < -0.39 is 8.53 Å². The van der Waals surface area contributed by atoms with Crippen LogP contribution in [0.5, 0.6) is 0 Å². The van der Waals surface area contributed by atoms with Crippen molar-refractivity contribution in [1.29, 1.82) is 5.26 Å². The van der Waals surface area contributed by atoms with E-state index in [1.165, 1.54) is 0 Å². The fourth-order valence-electron chi connectivity index (χ4n) is 5.40. The van der Waals surface area contributed by atoms with Crippen LogP contribution in [0.25, 0.3) is 0 Å². The summed E-state index contributed by atoms with van der Waals surface area (Å²) in [7, 11) is -1.29.